The largest absolute Gasteiger partial charge is 0.292 e. The molecule has 1 nitrogen and oxygen atoms in total. The van der Waals surface area contributed by atoms with Crippen LogP contribution in [0.15, 0.2) is 61.2 Å². The van der Waals surface area contributed by atoms with Crippen molar-refractivity contribution in [1.29, 1.82) is 0 Å². The topological polar surface area (TPSA) is 3.24 Å². The van der Waals surface area contributed by atoms with E-state index in [0.717, 1.165) is 35.3 Å². The zero-order valence-electron chi connectivity index (χ0n) is 18.2. The second-order valence-corrected chi connectivity index (χ2v) is 10.8. The van der Waals surface area contributed by atoms with Crippen LogP contribution in [-0.2, 0) is 0 Å². The molecule has 0 N–H and O–H groups in total. The third-order valence-corrected chi connectivity index (χ3v) is 7.76. The molecule has 0 radical (unpaired) electrons. The van der Waals surface area contributed by atoms with E-state index in [1.54, 1.807) is 0 Å². The van der Waals surface area contributed by atoms with Gasteiger partial charge in [-0.1, -0.05) is 67.4 Å². The molecule has 1 aliphatic carbocycles. The summed E-state index contributed by atoms with van der Waals surface area (Å²) in [6.07, 6.45) is 8.18. The van der Waals surface area contributed by atoms with Gasteiger partial charge in [0.05, 0.1) is 0 Å². The Labute approximate surface area is 192 Å². The molecule has 0 aromatic heterocycles. The third kappa shape index (κ3) is 4.64. The van der Waals surface area contributed by atoms with Gasteiger partial charge in [0, 0.05) is 34.6 Å². The summed E-state index contributed by atoms with van der Waals surface area (Å²) in [5.41, 5.74) is 2.92. The first-order chi connectivity index (χ1) is 14.4. The fourth-order valence-electron chi connectivity index (χ4n) is 5.93. The predicted molar refractivity (Wildman–Crippen MR) is 129 cm³/mol. The summed E-state index contributed by atoms with van der Waals surface area (Å²) in [7, 11) is 0. The zero-order valence-corrected chi connectivity index (χ0v) is 19.7. The molecular weight excluding hydrogens is 409 g/mol. The van der Waals surface area contributed by atoms with E-state index in [1.165, 1.54) is 30.4 Å². The lowest BCUT2D eigenvalue weighted by Gasteiger charge is -2.52. The predicted octanol–water partition coefficient (Wildman–Crippen LogP) is 8.30. The van der Waals surface area contributed by atoms with Crippen LogP contribution in [0.3, 0.4) is 0 Å². The SMILES string of the molecule is C=CCC1(C)C[C@H](c2cccc(Cl)c2)[C@@H](c2ccc(Cl)cc2)N(C2CC[C@@H](C)C2)C1. The highest BCUT2D eigenvalue weighted by molar-refractivity contribution is 6.30. The quantitative estimate of drug-likeness (QED) is 0.421. The Kier molecular flexibility index (Phi) is 6.63. The minimum Gasteiger partial charge on any atom is -0.292 e. The van der Waals surface area contributed by atoms with Crippen LogP contribution in [0.25, 0.3) is 0 Å². The van der Waals surface area contributed by atoms with E-state index in [9.17, 15) is 0 Å². The minimum absolute atomic E-state index is 0.212. The molecule has 0 bridgehead atoms. The van der Waals surface area contributed by atoms with Crippen molar-refractivity contribution in [3.8, 4) is 0 Å². The average molecular weight is 442 g/mol. The maximum atomic E-state index is 6.45. The molecule has 2 aromatic rings. The van der Waals surface area contributed by atoms with Crippen molar-refractivity contribution in [3.63, 3.8) is 0 Å². The summed E-state index contributed by atoms with van der Waals surface area (Å²) in [5, 5.41) is 1.62. The van der Waals surface area contributed by atoms with Crippen LogP contribution < -0.4 is 0 Å². The van der Waals surface area contributed by atoms with Crippen LogP contribution in [0.2, 0.25) is 10.0 Å². The molecule has 1 saturated heterocycles. The molecule has 3 heteroatoms. The highest BCUT2D eigenvalue weighted by Crippen LogP contribution is 2.52. The molecule has 0 spiro atoms. The normalized spacial score (nSPS) is 32.3. The van der Waals surface area contributed by atoms with Crippen molar-refractivity contribution in [2.24, 2.45) is 11.3 Å². The first kappa shape index (κ1) is 21.9. The van der Waals surface area contributed by atoms with Gasteiger partial charge < -0.3 is 0 Å². The molecule has 1 aliphatic heterocycles. The lowest BCUT2D eigenvalue weighted by Crippen LogP contribution is -2.50. The highest BCUT2D eigenvalue weighted by Gasteiger charge is 2.46. The van der Waals surface area contributed by atoms with Gasteiger partial charge in [0.2, 0.25) is 0 Å². The van der Waals surface area contributed by atoms with Gasteiger partial charge in [-0.25, -0.2) is 0 Å². The molecule has 5 atom stereocenters. The van der Waals surface area contributed by atoms with Crippen molar-refractivity contribution in [2.75, 3.05) is 6.54 Å². The lowest BCUT2D eigenvalue weighted by molar-refractivity contribution is 0.00306. The second-order valence-electron chi connectivity index (χ2n) is 9.91. The maximum Gasteiger partial charge on any atom is 0.0420 e. The molecule has 2 aromatic carbocycles. The second kappa shape index (κ2) is 9.07. The summed E-state index contributed by atoms with van der Waals surface area (Å²) in [5.74, 6) is 1.19. The summed E-state index contributed by atoms with van der Waals surface area (Å²) in [4.78, 5) is 2.82. The summed E-state index contributed by atoms with van der Waals surface area (Å²) >= 11 is 12.7. The molecular formula is C27H33Cl2N. The Morgan fingerprint density at radius 3 is 2.47 bits per heavy atom. The smallest absolute Gasteiger partial charge is 0.0420 e. The molecule has 30 heavy (non-hydrogen) atoms. The Morgan fingerprint density at radius 2 is 1.83 bits per heavy atom. The monoisotopic (exact) mass is 441 g/mol. The van der Waals surface area contributed by atoms with Gasteiger partial charge in [-0.2, -0.15) is 0 Å². The number of allylic oxidation sites excluding steroid dienone is 1. The first-order valence-electron chi connectivity index (χ1n) is 11.3. The highest BCUT2D eigenvalue weighted by atomic mass is 35.5. The number of hydrogen-bond acceptors (Lipinski definition) is 1. The Morgan fingerprint density at radius 1 is 1.07 bits per heavy atom. The van der Waals surface area contributed by atoms with Gasteiger partial charge >= 0.3 is 0 Å². The van der Waals surface area contributed by atoms with Crippen molar-refractivity contribution in [2.45, 2.75) is 64.0 Å². The average Bonchev–Trinajstić information content (AvgIpc) is 3.15. The van der Waals surface area contributed by atoms with Gasteiger partial charge in [0.25, 0.3) is 0 Å². The van der Waals surface area contributed by atoms with Gasteiger partial charge in [-0.15, -0.1) is 6.58 Å². The molecule has 2 fully saturated rings. The fraction of sp³-hybridized carbons (Fsp3) is 0.481. The number of halogens is 2. The molecule has 160 valence electrons. The van der Waals surface area contributed by atoms with Crippen molar-refractivity contribution >= 4 is 23.2 Å². The summed E-state index contributed by atoms with van der Waals surface area (Å²) in [6, 6.07) is 18.0. The first-order valence-corrected chi connectivity index (χ1v) is 12.0. The molecule has 4 rings (SSSR count). The summed E-state index contributed by atoms with van der Waals surface area (Å²) < 4.78 is 0. The Hall–Kier alpha value is -1.28. The van der Waals surface area contributed by atoms with E-state index < -0.39 is 0 Å². The maximum absolute atomic E-state index is 6.45. The van der Waals surface area contributed by atoms with E-state index in [0.29, 0.717) is 18.0 Å². The summed E-state index contributed by atoms with van der Waals surface area (Å²) in [6.45, 7) is 10.0. The van der Waals surface area contributed by atoms with Crippen LogP contribution in [0.5, 0.6) is 0 Å². The van der Waals surface area contributed by atoms with E-state index in [1.807, 2.05) is 18.2 Å². The van der Waals surface area contributed by atoms with Crippen LogP contribution in [0.4, 0.5) is 0 Å². The van der Waals surface area contributed by atoms with Crippen LogP contribution in [0.1, 0.15) is 69.0 Å². The number of piperidine rings is 1. The number of likely N-dealkylation sites (tertiary alicyclic amines) is 1. The molecule has 0 amide bonds. The Bertz CT molecular complexity index is 877. The standard InChI is InChI=1S/C27H33Cl2N/c1-4-14-27(3)17-25(21-6-5-7-23(29)16-21)26(20-9-11-22(28)12-10-20)30(18-27)24-13-8-19(2)15-24/h4-7,9-12,16,19,24-26H,1,8,13-15,17-18H2,2-3H3/t19-,24?,25-,26-,27?/m1/s1. The number of nitrogens with zero attached hydrogens (tertiary/aromatic N) is 1. The van der Waals surface area contributed by atoms with Crippen molar-refractivity contribution < 1.29 is 0 Å². The molecule has 2 aliphatic rings. The number of benzene rings is 2. The molecule has 1 heterocycles. The molecule has 2 unspecified atom stereocenters. The van der Waals surface area contributed by atoms with Gasteiger partial charge in [0.15, 0.2) is 0 Å². The third-order valence-electron chi connectivity index (χ3n) is 7.28. The lowest BCUT2D eigenvalue weighted by atomic mass is 9.67. The van der Waals surface area contributed by atoms with Crippen molar-refractivity contribution in [1.82, 2.24) is 4.90 Å². The van der Waals surface area contributed by atoms with E-state index in [4.69, 9.17) is 23.2 Å². The zero-order chi connectivity index (χ0) is 21.3. The van der Waals surface area contributed by atoms with Crippen LogP contribution in [-0.4, -0.2) is 17.5 Å². The fourth-order valence-corrected chi connectivity index (χ4v) is 6.25. The number of rotatable bonds is 5. The Balaban J connectivity index is 1.81. The van der Waals surface area contributed by atoms with Gasteiger partial charge in [0.1, 0.15) is 0 Å². The van der Waals surface area contributed by atoms with E-state index in [-0.39, 0.29) is 5.41 Å². The van der Waals surface area contributed by atoms with E-state index >= 15 is 0 Å². The minimum atomic E-state index is 0.212. The van der Waals surface area contributed by atoms with Crippen LogP contribution in [0, 0.1) is 11.3 Å². The van der Waals surface area contributed by atoms with E-state index in [2.05, 4.69) is 61.7 Å². The molecule has 1 saturated carbocycles. The van der Waals surface area contributed by atoms with Gasteiger partial charge in [-0.05, 0) is 78.8 Å². The van der Waals surface area contributed by atoms with Crippen LogP contribution >= 0.6 is 23.2 Å². The number of hydrogen-bond donors (Lipinski definition) is 0. The van der Waals surface area contributed by atoms with Gasteiger partial charge in [-0.3, -0.25) is 4.90 Å². The van der Waals surface area contributed by atoms with Crippen molar-refractivity contribution in [3.05, 3.63) is 82.4 Å².